The fourth-order valence-electron chi connectivity index (χ4n) is 2.37. The van der Waals surface area contributed by atoms with Crippen LogP contribution in [-0.2, 0) is 0 Å². The summed E-state index contributed by atoms with van der Waals surface area (Å²) in [7, 11) is 0. The maximum atomic E-state index is 5.67. The SMILES string of the molecule is Nc1nc2ccc(-c3ccc4ncncc4c3)cc2[nH]1. The van der Waals surface area contributed by atoms with Crippen LogP contribution in [0.25, 0.3) is 33.1 Å². The van der Waals surface area contributed by atoms with Gasteiger partial charge in [-0.3, -0.25) is 0 Å². The first-order valence-corrected chi connectivity index (χ1v) is 6.25. The van der Waals surface area contributed by atoms with Gasteiger partial charge >= 0.3 is 0 Å². The van der Waals surface area contributed by atoms with Crippen LogP contribution in [0, 0.1) is 0 Å². The van der Waals surface area contributed by atoms with E-state index in [1.54, 1.807) is 6.33 Å². The molecule has 0 unspecified atom stereocenters. The highest BCUT2D eigenvalue weighted by atomic mass is 15.0. The third kappa shape index (κ3) is 1.68. The Balaban J connectivity index is 1.90. The minimum Gasteiger partial charge on any atom is -0.369 e. The number of nitrogens with two attached hydrogens (primary N) is 1. The minimum atomic E-state index is 0.434. The van der Waals surface area contributed by atoms with Gasteiger partial charge in [-0.1, -0.05) is 12.1 Å². The van der Waals surface area contributed by atoms with E-state index in [2.05, 4.69) is 32.1 Å². The summed E-state index contributed by atoms with van der Waals surface area (Å²) in [6.07, 6.45) is 3.37. The summed E-state index contributed by atoms with van der Waals surface area (Å²) >= 11 is 0. The molecule has 2 aromatic carbocycles. The molecule has 20 heavy (non-hydrogen) atoms. The average Bonchev–Trinajstić information content (AvgIpc) is 2.85. The van der Waals surface area contributed by atoms with Gasteiger partial charge in [-0.15, -0.1) is 0 Å². The Bertz CT molecular complexity index is 926. The molecular weight excluding hydrogens is 250 g/mol. The van der Waals surface area contributed by atoms with E-state index in [1.165, 1.54) is 0 Å². The van der Waals surface area contributed by atoms with Crippen molar-refractivity contribution in [3.8, 4) is 11.1 Å². The first kappa shape index (κ1) is 10.9. The highest BCUT2D eigenvalue weighted by Gasteiger charge is 2.04. The number of fused-ring (bicyclic) bond motifs is 2. The number of nitrogen functional groups attached to an aromatic ring is 1. The Morgan fingerprint density at radius 2 is 1.75 bits per heavy atom. The molecule has 5 heteroatoms. The van der Waals surface area contributed by atoms with Gasteiger partial charge in [0.2, 0.25) is 0 Å². The van der Waals surface area contributed by atoms with Crippen molar-refractivity contribution >= 4 is 27.9 Å². The first-order valence-electron chi connectivity index (χ1n) is 6.25. The number of imidazole rings is 1. The quantitative estimate of drug-likeness (QED) is 0.552. The van der Waals surface area contributed by atoms with E-state index in [9.17, 15) is 0 Å². The third-order valence-electron chi connectivity index (χ3n) is 3.34. The molecule has 0 radical (unpaired) electrons. The summed E-state index contributed by atoms with van der Waals surface area (Å²) in [5.74, 6) is 0.434. The second-order valence-electron chi connectivity index (χ2n) is 4.65. The van der Waals surface area contributed by atoms with Gasteiger partial charge in [-0.05, 0) is 35.4 Å². The molecule has 3 N–H and O–H groups in total. The van der Waals surface area contributed by atoms with E-state index in [0.29, 0.717) is 5.95 Å². The fraction of sp³-hybridized carbons (Fsp3) is 0. The number of H-pyrrole nitrogens is 1. The van der Waals surface area contributed by atoms with Gasteiger partial charge in [0.05, 0.1) is 16.6 Å². The predicted octanol–water partition coefficient (Wildman–Crippen LogP) is 2.76. The molecule has 4 aromatic rings. The summed E-state index contributed by atoms with van der Waals surface area (Å²) < 4.78 is 0. The number of nitrogens with one attached hydrogen (secondary N) is 1. The zero-order chi connectivity index (χ0) is 13.5. The van der Waals surface area contributed by atoms with Crippen molar-refractivity contribution in [3.63, 3.8) is 0 Å². The zero-order valence-corrected chi connectivity index (χ0v) is 10.5. The molecule has 4 rings (SSSR count). The van der Waals surface area contributed by atoms with Gasteiger partial charge in [0.15, 0.2) is 5.95 Å². The van der Waals surface area contributed by atoms with E-state index in [1.807, 2.05) is 30.5 Å². The van der Waals surface area contributed by atoms with Gasteiger partial charge in [0, 0.05) is 11.6 Å². The number of aromatic nitrogens is 4. The molecule has 0 bridgehead atoms. The molecule has 0 saturated heterocycles. The van der Waals surface area contributed by atoms with Crippen LogP contribution in [0.15, 0.2) is 48.9 Å². The molecule has 5 nitrogen and oxygen atoms in total. The summed E-state index contributed by atoms with van der Waals surface area (Å²) in [4.78, 5) is 15.5. The van der Waals surface area contributed by atoms with Gasteiger partial charge in [0.1, 0.15) is 6.33 Å². The molecule has 0 spiro atoms. The zero-order valence-electron chi connectivity index (χ0n) is 10.5. The maximum absolute atomic E-state index is 5.67. The van der Waals surface area contributed by atoms with Gasteiger partial charge in [-0.25, -0.2) is 15.0 Å². The van der Waals surface area contributed by atoms with Crippen LogP contribution >= 0.6 is 0 Å². The van der Waals surface area contributed by atoms with Crippen LogP contribution in [0.5, 0.6) is 0 Å². The molecule has 0 aliphatic rings. The van der Waals surface area contributed by atoms with Crippen LogP contribution in [0.1, 0.15) is 0 Å². The van der Waals surface area contributed by atoms with Crippen LogP contribution in [0.3, 0.4) is 0 Å². The van der Waals surface area contributed by atoms with Crippen LogP contribution in [-0.4, -0.2) is 19.9 Å². The van der Waals surface area contributed by atoms with E-state index in [-0.39, 0.29) is 0 Å². The standard InChI is InChI=1S/C15H11N5/c16-15-19-13-4-2-10(6-14(13)20-15)9-1-3-12-11(5-9)7-17-8-18-12/h1-8H,(H3,16,19,20). The molecule has 0 aliphatic heterocycles. The number of hydrogen-bond donors (Lipinski definition) is 2. The van der Waals surface area contributed by atoms with E-state index in [0.717, 1.165) is 33.1 Å². The Hall–Kier alpha value is -2.95. The normalized spacial score (nSPS) is 11.2. The Labute approximate surface area is 114 Å². The van der Waals surface area contributed by atoms with E-state index in [4.69, 9.17) is 5.73 Å². The molecule has 0 aliphatic carbocycles. The maximum Gasteiger partial charge on any atom is 0.198 e. The van der Waals surface area contributed by atoms with Gasteiger partial charge in [-0.2, -0.15) is 0 Å². The molecule has 0 amide bonds. The summed E-state index contributed by atoms with van der Waals surface area (Å²) in [5.41, 5.74) is 10.6. The molecule has 96 valence electrons. The number of aromatic amines is 1. The second kappa shape index (κ2) is 4.03. The topological polar surface area (TPSA) is 80.5 Å². The monoisotopic (exact) mass is 261 g/mol. The molecule has 2 heterocycles. The van der Waals surface area contributed by atoms with Gasteiger partial charge in [0.25, 0.3) is 0 Å². The van der Waals surface area contributed by atoms with Crippen molar-refractivity contribution in [1.82, 2.24) is 19.9 Å². The molecule has 0 saturated carbocycles. The third-order valence-corrected chi connectivity index (χ3v) is 3.34. The lowest BCUT2D eigenvalue weighted by atomic mass is 10.0. The van der Waals surface area contributed by atoms with E-state index >= 15 is 0 Å². The average molecular weight is 261 g/mol. The Kier molecular flexibility index (Phi) is 2.20. The van der Waals surface area contributed by atoms with Crippen molar-refractivity contribution in [1.29, 1.82) is 0 Å². The summed E-state index contributed by atoms with van der Waals surface area (Å²) in [5, 5.41) is 1.02. The van der Waals surface area contributed by atoms with Crippen molar-refractivity contribution in [3.05, 3.63) is 48.9 Å². The van der Waals surface area contributed by atoms with E-state index < -0.39 is 0 Å². The van der Waals surface area contributed by atoms with Gasteiger partial charge < -0.3 is 10.7 Å². The minimum absolute atomic E-state index is 0.434. The summed E-state index contributed by atoms with van der Waals surface area (Å²) in [6, 6.07) is 12.2. The van der Waals surface area contributed by atoms with Crippen molar-refractivity contribution in [2.24, 2.45) is 0 Å². The number of nitrogens with zero attached hydrogens (tertiary/aromatic N) is 3. The van der Waals surface area contributed by atoms with Crippen LogP contribution < -0.4 is 5.73 Å². The highest BCUT2D eigenvalue weighted by Crippen LogP contribution is 2.26. The number of hydrogen-bond acceptors (Lipinski definition) is 4. The predicted molar refractivity (Wildman–Crippen MR) is 79.0 cm³/mol. The smallest absolute Gasteiger partial charge is 0.198 e. The number of rotatable bonds is 1. The summed E-state index contributed by atoms with van der Waals surface area (Å²) in [6.45, 7) is 0. The molecule has 0 fully saturated rings. The largest absolute Gasteiger partial charge is 0.369 e. The Morgan fingerprint density at radius 3 is 2.65 bits per heavy atom. The Morgan fingerprint density at radius 1 is 0.950 bits per heavy atom. The lowest BCUT2D eigenvalue weighted by Crippen LogP contribution is -1.84. The first-order chi connectivity index (χ1) is 9.79. The van der Waals surface area contributed by atoms with Crippen molar-refractivity contribution < 1.29 is 0 Å². The van der Waals surface area contributed by atoms with Crippen LogP contribution in [0.2, 0.25) is 0 Å². The highest BCUT2D eigenvalue weighted by molar-refractivity contribution is 5.87. The molecule has 0 atom stereocenters. The van der Waals surface area contributed by atoms with Crippen molar-refractivity contribution in [2.45, 2.75) is 0 Å². The van der Waals surface area contributed by atoms with Crippen LogP contribution in [0.4, 0.5) is 5.95 Å². The molecule has 2 aromatic heterocycles. The fourth-order valence-corrected chi connectivity index (χ4v) is 2.37. The lowest BCUT2D eigenvalue weighted by molar-refractivity contribution is 1.22. The molecular formula is C15H11N5. The number of anilines is 1. The second-order valence-corrected chi connectivity index (χ2v) is 4.65. The number of benzene rings is 2. The van der Waals surface area contributed by atoms with Crippen molar-refractivity contribution in [2.75, 3.05) is 5.73 Å². The lowest BCUT2D eigenvalue weighted by Gasteiger charge is -2.03.